The van der Waals surface area contributed by atoms with Crippen molar-refractivity contribution in [3.05, 3.63) is 24.5 Å². The predicted octanol–water partition coefficient (Wildman–Crippen LogP) is 1.90. The fourth-order valence-corrected chi connectivity index (χ4v) is 2.42. The van der Waals surface area contributed by atoms with Gasteiger partial charge in [0.05, 0.1) is 0 Å². The van der Waals surface area contributed by atoms with Gasteiger partial charge in [-0.15, -0.1) is 0 Å². The summed E-state index contributed by atoms with van der Waals surface area (Å²) in [5.74, 6) is 0. The molecule has 96 valence electrons. The largest absolute Gasteiger partial charge is 0.353 e. The van der Waals surface area contributed by atoms with E-state index >= 15 is 0 Å². The second-order valence-corrected chi connectivity index (χ2v) is 5.92. The summed E-state index contributed by atoms with van der Waals surface area (Å²) in [6, 6.07) is 4.19. The number of hydrogen-bond acceptors (Lipinski definition) is 2. The fourth-order valence-electron chi connectivity index (χ4n) is 2.42. The molecule has 0 radical (unpaired) electrons. The monoisotopic (exact) mass is 235 g/mol. The van der Waals surface area contributed by atoms with Crippen LogP contribution >= 0.6 is 0 Å². The highest BCUT2D eigenvalue weighted by Gasteiger charge is 2.25. The van der Waals surface area contributed by atoms with Gasteiger partial charge in [-0.2, -0.15) is 0 Å². The third-order valence-corrected chi connectivity index (χ3v) is 3.66. The van der Waals surface area contributed by atoms with Crippen LogP contribution in [-0.4, -0.2) is 52.6 Å². The van der Waals surface area contributed by atoms with Gasteiger partial charge < -0.3 is 4.57 Å². The molecule has 0 atom stereocenters. The third kappa shape index (κ3) is 3.58. The minimum Gasteiger partial charge on any atom is -0.353 e. The van der Waals surface area contributed by atoms with Crippen molar-refractivity contribution in [1.29, 1.82) is 0 Å². The van der Waals surface area contributed by atoms with Gasteiger partial charge in [0.1, 0.15) is 0 Å². The van der Waals surface area contributed by atoms with E-state index in [0.29, 0.717) is 5.54 Å². The van der Waals surface area contributed by atoms with E-state index in [4.69, 9.17) is 0 Å². The van der Waals surface area contributed by atoms with Crippen molar-refractivity contribution in [2.75, 3.05) is 32.7 Å². The van der Waals surface area contributed by atoms with Crippen LogP contribution in [0.25, 0.3) is 0 Å². The van der Waals surface area contributed by atoms with Gasteiger partial charge in [-0.05, 0) is 32.9 Å². The van der Waals surface area contributed by atoms with Crippen LogP contribution in [0.15, 0.2) is 24.5 Å². The molecule has 1 aromatic heterocycles. The van der Waals surface area contributed by atoms with E-state index in [0.717, 1.165) is 6.54 Å². The SMILES string of the molecule is CC(C)(C)N1CCN(CCn2cccc2)CC1. The van der Waals surface area contributed by atoms with Crippen molar-refractivity contribution < 1.29 is 0 Å². The van der Waals surface area contributed by atoms with Crippen LogP contribution in [0.5, 0.6) is 0 Å². The van der Waals surface area contributed by atoms with Crippen molar-refractivity contribution in [3.8, 4) is 0 Å². The zero-order valence-electron chi connectivity index (χ0n) is 11.4. The maximum Gasteiger partial charge on any atom is 0.0347 e. The minimum atomic E-state index is 0.326. The molecular formula is C14H25N3. The molecule has 3 heteroatoms. The lowest BCUT2D eigenvalue weighted by Crippen LogP contribution is -2.53. The molecule has 17 heavy (non-hydrogen) atoms. The Morgan fingerprint density at radius 2 is 1.47 bits per heavy atom. The lowest BCUT2D eigenvalue weighted by atomic mass is 10.1. The highest BCUT2D eigenvalue weighted by Crippen LogP contribution is 2.15. The molecule has 2 heterocycles. The summed E-state index contributed by atoms with van der Waals surface area (Å²) in [5, 5.41) is 0. The lowest BCUT2D eigenvalue weighted by Gasteiger charge is -2.42. The van der Waals surface area contributed by atoms with Crippen LogP contribution in [0.1, 0.15) is 20.8 Å². The number of hydrogen-bond donors (Lipinski definition) is 0. The van der Waals surface area contributed by atoms with Crippen LogP contribution < -0.4 is 0 Å². The van der Waals surface area contributed by atoms with Gasteiger partial charge in [0.25, 0.3) is 0 Å². The highest BCUT2D eigenvalue weighted by atomic mass is 15.3. The molecule has 1 aliphatic heterocycles. The molecule has 0 saturated carbocycles. The van der Waals surface area contributed by atoms with Crippen molar-refractivity contribution >= 4 is 0 Å². The Kier molecular flexibility index (Phi) is 3.89. The Balaban J connectivity index is 1.72. The van der Waals surface area contributed by atoms with Crippen LogP contribution in [0.3, 0.4) is 0 Å². The summed E-state index contributed by atoms with van der Waals surface area (Å²) in [6.07, 6.45) is 4.29. The molecule has 2 rings (SSSR count). The fraction of sp³-hybridized carbons (Fsp3) is 0.714. The average molecular weight is 235 g/mol. The topological polar surface area (TPSA) is 11.4 Å². The van der Waals surface area contributed by atoms with Gasteiger partial charge >= 0.3 is 0 Å². The molecule has 1 aliphatic rings. The Morgan fingerprint density at radius 3 is 2.00 bits per heavy atom. The van der Waals surface area contributed by atoms with Crippen molar-refractivity contribution in [2.24, 2.45) is 0 Å². The molecule has 3 nitrogen and oxygen atoms in total. The molecule has 1 fully saturated rings. The van der Waals surface area contributed by atoms with Gasteiger partial charge in [0.15, 0.2) is 0 Å². The Morgan fingerprint density at radius 1 is 0.882 bits per heavy atom. The van der Waals surface area contributed by atoms with Gasteiger partial charge in [0, 0.05) is 57.2 Å². The van der Waals surface area contributed by atoms with E-state index in [1.165, 1.54) is 32.7 Å². The van der Waals surface area contributed by atoms with Gasteiger partial charge in [-0.1, -0.05) is 0 Å². The average Bonchev–Trinajstić information content (AvgIpc) is 2.78. The number of piperazine rings is 1. The van der Waals surface area contributed by atoms with E-state index in [-0.39, 0.29) is 0 Å². The maximum atomic E-state index is 2.58. The highest BCUT2D eigenvalue weighted by molar-refractivity contribution is 4.90. The van der Waals surface area contributed by atoms with Crippen LogP contribution in [-0.2, 0) is 6.54 Å². The molecule has 0 unspecified atom stereocenters. The Hall–Kier alpha value is -0.800. The van der Waals surface area contributed by atoms with Gasteiger partial charge in [-0.3, -0.25) is 9.80 Å². The van der Waals surface area contributed by atoms with Gasteiger partial charge in [0.2, 0.25) is 0 Å². The van der Waals surface area contributed by atoms with Crippen molar-refractivity contribution in [2.45, 2.75) is 32.9 Å². The lowest BCUT2D eigenvalue weighted by molar-refractivity contribution is 0.0609. The summed E-state index contributed by atoms with van der Waals surface area (Å²) < 4.78 is 2.26. The first kappa shape index (κ1) is 12.7. The molecule has 0 amide bonds. The number of aromatic nitrogens is 1. The van der Waals surface area contributed by atoms with Gasteiger partial charge in [-0.25, -0.2) is 0 Å². The first-order chi connectivity index (χ1) is 8.05. The van der Waals surface area contributed by atoms with E-state index in [1.807, 2.05) is 0 Å². The second kappa shape index (κ2) is 5.23. The van der Waals surface area contributed by atoms with Crippen LogP contribution in [0.4, 0.5) is 0 Å². The normalized spacial score (nSPS) is 19.7. The molecule has 1 saturated heterocycles. The summed E-state index contributed by atoms with van der Waals surface area (Å²) in [4.78, 5) is 5.15. The number of nitrogens with zero attached hydrogens (tertiary/aromatic N) is 3. The van der Waals surface area contributed by atoms with E-state index < -0.39 is 0 Å². The Labute approximate surface area is 105 Å². The van der Waals surface area contributed by atoms with Crippen molar-refractivity contribution in [3.63, 3.8) is 0 Å². The molecule has 1 aromatic rings. The second-order valence-electron chi connectivity index (χ2n) is 5.92. The van der Waals surface area contributed by atoms with Crippen LogP contribution in [0, 0.1) is 0 Å². The molecule has 0 N–H and O–H groups in total. The van der Waals surface area contributed by atoms with Crippen LogP contribution in [0.2, 0.25) is 0 Å². The zero-order chi connectivity index (χ0) is 12.3. The minimum absolute atomic E-state index is 0.326. The smallest absolute Gasteiger partial charge is 0.0347 e. The Bertz CT molecular complexity index is 316. The summed E-state index contributed by atoms with van der Waals surface area (Å²) in [7, 11) is 0. The maximum absolute atomic E-state index is 2.58. The molecular weight excluding hydrogens is 210 g/mol. The molecule has 0 aromatic carbocycles. The zero-order valence-corrected chi connectivity index (χ0v) is 11.4. The quantitative estimate of drug-likeness (QED) is 0.793. The first-order valence-corrected chi connectivity index (χ1v) is 6.64. The molecule has 0 aliphatic carbocycles. The van der Waals surface area contributed by atoms with E-state index in [1.54, 1.807) is 0 Å². The summed E-state index contributed by atoms with van der Waals surface area (Å²) in [6.45, 7) is 14.0. The summed E-state index contributed by atoms with van der Waals surface area (Å²) in [5.41, 5.74) is 0.326. The van der Waals surface area contributed by atoms with E-state index in [2.05, 4.69) is 59.7 Å². The molecule has 0 spiro atoms. The summed E-state index contributed by atoms with van der Waals surface area (Å²) >= 11 is 0. The molecule has 0 bridgehead atoms. The van der Waals surface area contributed by atoms with Crippen molar-refractivity contribution in [1.82, 2.24) is 14.4 Å². The first-order valence-electron chi connectivity index (χ1n) is 6.64. The predicted molar refractivity (Wildman–Crippen MR) is 72.2 cm³/mol. The van der Waals surface area contributed by atoms with E-state index in [9.17, 15) is 0 Å². The number of rotatable bonds is 3. The third-order valence-electron chi connectivity index (χ3n) is 3.66. The standard InChI is InChI=1S/C14H25N3/c1-14(2,3)17-12-10-16(11-13-17)9-8-15-6-4-5-7-15/h4-7H,8-13H2,1-3H3.